The van der Waals surface area contributed by atoms with Crippen LogP contribution < -0.4 is 10.2 Å². The van der Waals surface area contributed by atoms with Crippen LogP contribution in [0.1, 0.15) is 17.5 Å². The van der Waals surface area contributed by atoms with Crippen LogP contribution in [-0.2, 0) is 22.9 Å². The van der Waals surface area contributed by atoms with Crippen molar-refractivity contribution in [3.63, 3.8) is 0 Å². The second-order valence-electron chi connectivity index (χ2n) is 7.36. The minimum Gasteiger partial charge on any atom is -0.357 e. The van der Waals surface area contributed by atoms with E-state index >= 15 is 0 Å². The van der Waals surface area contributed by atoms with Crippen molar-refractivity contribution in [2.75, 3.05) is 53.4 Å². The lowest BCUT2D eigenvalue weighted by molar-refractivity contribution is -0.856. The first-order chi connectivity index (χ1) is 12.4. The summed E-state index contributed by atoms with van der Waals surface area (Å²) in [6.07, 6.45) is 3.17. The van der Waals surface area contributed by atoms with Gasteiger partial charge in [-0.2, -0.15) is 4.31 Å². The van der Waals surface area contributed by atoms with E-state index in [9.17, 15) is 8.42 Å². The summed E-state index contributed by atoms with van der Waals surface area (Å²) in [6.45, 7) is 4.03. The fourth-order valence-electron chi connectivity index (χ4n) is 3.52. The Kier molecular flexibility index (Phi) is 6.17. The van der Waals surface area contributed by atoms with Crippen molar-refractivity contribution >= 4 is 27.4 Å². The molecule has 0 unspecified atom stereocenters. The van der Waals surface area contributed by atoms with Gasteiger partial charge >= 0.3 is 0 Å². The average Bonchev–Trinajstić information content (AvgIpc) is 3.09. The highest BCUT2D eigenvalue weighted by Crippen LogP contribution is 2.26. The van der Waals surface area contributed by atoms with Crippen molar-refractivity contribution in [2.45, 2.75) is 24.2 Å². The van der Waals surface area contributed by atoms with Gasteiger partial charge in [0.1, 0.15) is 0 Å². The molecule has 144 valence electrons. The number of piperazine rings is 1. The molecule has 6 nitrogen and oxygen atoms in total. The summed E-state index contributed by atoms with van der Waals surface area (Å²) in [4.78, 5) is 3.86. The van der Waals surface area contributed by atoms with Crippen molar-refractivity contribution < 1.29 is 13.3 Å². The molecule has 0 bridgehead atoms. The van der Waals surface area contributed by atoms with Gasteiger partial charge in [0.15, 0.2) is 5.11 Å². The smallest absolute Gasteiger partial charge is 0.243 e. The lowest BCUT2D eigenvalue weighted by Gasteiger charge is -2.35. The van der Waals surface area contributed by atoms with Gasteiger partial charge in [0.25, 0.3) is 0 Å². The van der Waals surface area contributed by atoms with Crippen LogP contribution in [0.3, 0.4) is 0 Å². The molecule has 1 aliphatic carbocycles. The van der Waals surface area contributed by atoms with Gasteiger partial charge in [-0.25, -0.2) is 8.42 Å². The van der Waals surface area contributed by atoms with Crippen LogP contribution in [0.2, 0.25) is 0 Å². The predicted molar refractivity (Wildman–Crippen MR) is 107 cm³/mol. The SMILES string of the molecule is C[NH+](C)CCNC(=S)N1CCN(S(=O)(=O)c2ccc3c(c2)CCC3)CC1. The fraction of sp³-hybridized carbons (Fsp3) is 0.611. The first kappa shape index (κ1) is 19.5. The van der Waals surface area contributed by atoms with Crippen LogP contribution in [0.25, 0.3) is 0 Å². The molecule has 1 fully saturated rings. The summed E-state index contributed by atoms with van der Waals surface area (Å²) in [5, 5.41) is 3.99. The van der Waals surface area contributed by atoms with E-state index in [1.165, 1.54) is 16.0 Å². The zero-order chi connectivity index (χ0) is 18.7. The largest absolute Gasteiger partial charge is 0.357 e. The topological polar surface area (TPSA) is 57.1 Å². The van der Waals surface area contributed by atoms with Crippen LogP contribution in [-0.4, -0.2) is 76.1 Å². The van der Waals surface area contributed by atoms with E-state index in [0.29, 0.717) is 31.1 Å². The maximum Gasteiger partial charge on any atom is 0.243 e. The maximum atomic E-state index is 13.0. The molecule has 1 aromatic carbocycles. The third-order valence-corrected chi connectivity index (χ3v) is 7.43. The van der Waals surface area contributed by atoms with E-state index in [-0.39, 0.29) is 0 Å². The quantitative estimate of drug-likeness (QED) is 0.656. The first-order valence-corrected chi connectivity index (χ1v) is 11.2. The van der Waals surface area contributed by atoms with Gasteiger partial charge in [0.2, 0.25) is 10.0 Å². The lowest BCUT2D eigenvalue weighted by atomic mass is 10.1. The highest BCUT2D eigenvalue weighted by Gasteiger charge is 2.30. The molecule has 8 heteroatoms. The van der Waals surface area contributed by atoms with Gasteiger partial charge < -0.3 is 15.1 Å². The molecule has 0 atom stereocenters. The number of fused-ring (bicyclic) bond motifs is 1. The van der Waals surface area contributed by atoms with Crippen molar-refractivity contribution in [1.29, 1.82) is 0 Å². The van der Waals surface area contributed by atoms with Gasteiger partial charge in [0, 0.05) is 26.2 Å². The van der Waals surface area contributed by atoms with Crippen LogP contribution in [0.5, 0.6) is 0 Å². The molecule has 1 saturated heterocycles. The van der Waals surface area contributed by atoms with Gasteiger partial charge in [-0.3, -0.25) is 0 Å². The fourth-order valence-corrected chi connectivity index (χ4v) is 5.28. The number of rotatable bonds is 5. The van der Waals surface area contributed by atoms with E-state index in [1.807, 2.05) is 12.1 Å². The van der Waals surface area contributed by atoms with E-state index < -0.39 is 10.0 Å². The van der Waals surface area contributed by atoms with Gasteiger partial charge in [-0.05, 0) is 54.7 Å². The molecule has 1 aromatic rings. The Morgan fingerprint density at radius 3 is 2.54 bits per heavy atom. The molecule has 0 aromatic heterocycles. The number of likely N-dealkylation sites (N-methyl/N-ethyl adjacent to an activating group) is 1. The Balaban J connectivity index is 1.58. The zero-order valence-electron chi connectivity index (χ0n) is 15.6. The van der Waals surface area contributed by atoms with Crippen molar-refractivity contribution in [2.24, 2.45) is 0 Å². The molecule has 26 heavy (non-hydrogen) atoms. The monoisotopic (exact) mass is 397 g/mol. The summed E-state index contributed by atoms with van der Waals surface area (Å²) in [5.74, 6) is 0. The highest BCUT2D eigenvalue weighted by atomic mass is 32.2. The number of benzene rings is 1. The number of nitrogens with one attached hydrogen (secondary N) is 2. The van der Waals surface area contributed by atoms with E-state index in [1.54, 1.807) is 10.4 Å². The first-order valence-electron chi connectivity index (χ1n) is 9.31. The third-order valence-electron chi connectivity index (χ3n) is 5.13. The molecular weight excluding hydrogens is 368 g/mol. The minimum atomic E-state index is -3.42. The number of thiocarbonyl (C=S) groups is 1. The molecule has 3 rings (SSSR count). The zero-order valence-corrected chi connectivity index (χ0v) is 17.3. The molecule has 0 saturated carbocycles. The van der Waals surface area contributed by atoms with Gasteiger partial charge in [-0.1, -0.05) is 6.07 Å². The molecule has 0 radical (unpaired) electrons. The Bertz CT molecular complexity index is 756. The van der Waals surface area contributed by atoms with E-state index in [4.69, 9.17) is 12.2 Å². The molecular formula is C18H29N4O2S2+. The minimum absolute atomic E-state index is 0.432. The Hall–Kier alpha value is -1.22. The average molecular weight is 398 g/mol. The van der Waals surface area contributed by atoms with Crippen molar-refractivity contribution in [1.82, 2.24) is 14.5 Å². The molecule has 1 heterocycles. The normalized spacial score (nSPS) is 18.2. The van der Waals surface area contributed by atoms with E-state index in [2.05, 4.69) is 24.3 Å². The number of quaternary nitrogens is 1. The van der Waals surface area contributed by atoms with Crippen molar-refractivity contribution in [3.05, 3.63) is 29.3 Å². The number of hydrogen-bond acceptors (Lipinski definition) is 3. The van der Waals surface area contributed by atoms with Gasteiger partial charge in [-0.15, -0.1) is 0 Å². The number of aryl methyl sites for hydroxylation is 2. The number of hydrogen-bond donors (Lipinski definition) is 2. The summed E-state index contributed by atoms with van der Waals surface area (Å²) >= 11 is 5.44. The lowest BCUT2D eigenvalue weighted by Crippen LogP contribution is -3.06. The number of sulfonamides is 1. The number of nitrogens with zero attached hydrogens (tertiary/aromatic N) is 2. The second kappa shape index (κ2) is 8.21. The molecule has 2 aliphatic rings. The predicted octanol–water partition coefficient (Wildman–Crippen LogP) is -0.499. The Morgan fingerprint density at radius 2 is 1.85 bits per heavy atom. The van der Waals surface area contributed by atoms with Crippen LogP contribution >= 0.6 is 12.2 Å². The summed E-state index contributed by atoms with van der Waals surface area (Å²) < 4.78 is 27.5. The van der Waals surface area contributed by atoms with E-state index in [0.717, 1.165) is 37.5 Å². The van der Waals surface area contributed by atoms with Gasteiger partial charge in [0.05, 0.1) is 32.1 Å². The maximum absolute atomic E-state index is 13.0. The standard InChI is InChI=1S/C18H28N4O2S2/c1-20(2)9-8-19-18(25)21-10-12-22(13-11-21)26(23,24)17-7-6-15-4-3-5-16(15)14-17/h6-7,14H,3-5,8-13H2,1-2H3,(H,19,25)/p+1. The van der Waals surface area contributed by atoms with Crippen LogP contribution in [0, 0.1) is 0 Å². The second-order valence-corrected chi connectivity index (χ2v) is 9.69. The summed E-state index contributed by atoms with van der Waals surface area (Å²) in [6, 6.07) is 5.62. The van der Waals surface area contributed by atoms with Crippen LogP contribution in [0.4, 0.5) is 0 Å². The molecule has 0 amide bonds. The van der Waals surface area contributed by atoms with Crippen LogP contribution in [0.15, 0.2) is 23.1 Å². The Morgan fingerprint density at radius 1 is 1.15 bits per heavy atom. The summed E-state index contributed by atoms with van der Waals surface area (Å²) in [5.41, 5.74) is 2.49. The molecule has 2 N–H and O–H groups in total. The third kappa shape index (κ3) is 4.36. The summed E-state index contributed by atoms with van der Waals surface area (Å²) in [7, 11) is 0.788. The van der Waals surface area contributed by atoms with Crippen molar-refractivity contribution in [3.8, 4) is 0 Å². The Labute approximate surface area is 162 Å². The molecule has 0 spiro atoms. The molecule has 1 aliphatic heterocycles. The highest BCUT2D eigenvalue weighted by molar-refractivity contribution is 7.89.